The molecule has 8 nitrogen and oxygen atoms in total. The minimum absolute atomic E-state index is 0.0111. The van der Waals surface area contributed by atoms with E-state index in [0.717, 1.165) is 0 Å². The van der Waals surface area contributed by atoms with E-state index >= 15 is 0 Å². The van der Waals surface area contributed by atoms with Crippen LogP contribution in [0.25, 0.3) is 0 Å². The van der Waals surface area contributed by atoms with Gasteiger partial charge in [-0.05, 0) is 25.7 Å². The smallest absolute Gasteiger partial charge is 0.306 e. The molecule has 1 rings (SSSR count). The summed E-state index contributed by atoms with van der Waals surface area (Å²) < 4.78 is 22.0. The molecule has 0 radical (unpaired) electrons. The Balaban J connectivity index is 2.91. The van der Waals surface area contributed by atoms with Crippen LogP contribution in [0.3, 0.4) is 0 Å². The number of methoxy groups -OCH3 is 1. The van der Waals surface area contributed by atoms with Gasteiger partial charge in [0, 0.05) is 26.4 Å². The van der Waals surface area contributed by atoms with Crippen molar-refractivity contribution in [2.24, 2.45) is 5.92 Å². The van der Waals surface area contributed by atoms with Gasteiger partial charge < -0.3 is 24.1 Å². The van der Waals surface area contributed by atoms with Gasteiger partial charge in [0.15, 0.2) is 12.4 Å². The fraction of sp³-hybridized carbons (Fsp3) is 0.833. The zero-order valence-electron chi connectivity index (χ0n) is 15.8. The Labute approximate surface area is 154 Å². The number of ether oxygens (including phenoxy) is 4. The molecule has 150 valence electrons. The van der Waals surface area contributed by atoms with Crippen LogP contribution in [0.4, 0.5) is 0 Å². The third-order valence-electron chi connectivity index (χ3n) is 4.18. The molecule has 0 aromatic carbocycles. The first-order valence-corrected chi connectivity index (χ1v) is 9.18. The van der Waals surface area contributed by atoms with Crippen LogP contribution in [0.5, 0.6) is 0 Å². The molecule has 0 amide bonds. The first-order valence-electron chi connectivity index (χ1n) is 9.18. The molecule has 0 aromatic rings. The van der Waals surface area contributed by atoms with Crippen LogP contribution in [0.1, 0.15) is 58.8 Å². The van der Waals surface area contributed by atoms with Gasteiger partial charge >= 0.3 is 17.9 Å². The Morgan fingerprint density at radius 3 is 2.19 bits per heavy atom. The van der Waals surface area contributed by atoms with E-state index in [9.17, 15) is 14.4 Å². The molecule has 1 saturated heterocycles. The van der Waals surface area contributed by atoms with Crippen molar-refractivity contribution in [2.45, 2.75) is 77.3 Å². The summed E-state index contributed by atoms with van der Waals surface area (Å²) in [7, 11) is 1.48. The van der Waals surface area contributed by atoms with E-state index in [2.05, 4.69) is 0 Å². The van der Waals surface area contributed by atoms with E-state index in [0.29, 0.717) is 25.7 Å². The summed E-state index contributed by atoms with van der Waals surface area (Å²) in [5.74, 6) is -2.07. The number of carboxylic acids is 1. The predicted molar refractivity (Wildman–Crippen MR) is 91.3 cm³/mol. The van der Waals surface area contributed by atoms with Gasteiger partial charge in [0.1, 0.15) is 6.10 Å². The summed E-state index contributed by atoms with van der Waals surface area (Å²) in [6, 6.07) is 0. The van der Waals surface area contributed by atoms with Gasteiger partial charge in [-0.15, -0.1) is 0 Å². The maximum absolute atomic E-state index is 12.1. The Morgan fingerprint density at radius 2 is 1.65 bits per heavy atom. The van der Waals surface area contributed by atoms with Crippen LogP contribution >= 0.6 is 0 Å². The van der Waals surface area contributed by atoms with Gasteiger partial charge in [0.05, 0.1) is 12.5 Å². The molecule has 1 heterocycles. The molecule has 0 aromatic heterocycles. The second-order valence-corrected chi connectivity index (χ2v) is 6.37. The monoisotopic (exact) mass is 374 g/mol. The summed E-state index contributed by atoms with van der Waals surface area (Å²) in [6.07, 6.45) is 0.494. The van der Waals surface area contributed by atoms with Crippen LogP contribution < -0.4 is 0 Å². The molecule has 0 aliphatic carbocycles. The van der Waals surface area contributed by atoms with Crippen molar-refractivity contribution in [3.63, 3.8) is 0 Å². The number of rotatable bonds is 11. The molecule has 0 unspecified atom stereocenters. The second-order valence-electron chi connectivity index (χ2n) is 6.37. The van der Waals surface area contributed by atoms with E-state index < -0.39 is 30.4 Å². The van der Waals surface area contributed by atoms with E-state index in [1.165, 1.54) is 7.11 Å². The number of carbonyl (C=O) groups excluding carboxylic acids is 2. The number of carbonyl (C=O) groups is 3. The van der Waals surface area contributed by atoms with E-state index in [4.69, 9.17) is 24.1 Å². The van der Waals surface area contributed by atoms with Crippen LogP contribution in [0.2, 0.25) is 0 Å². The molecule has 4 atom stereocenters. The first kappa shape index (κ1) is 22.4. The van der Waals surface area contributed by atoms with Crippen molar-refractivity contribution < 1.29 is 38.4 Å². The summed E-state index contributed by atoms with van der Waals surface area (Å²) in [5, 5.41) is 8.86. The molecule has 0 bridgehead atoms. The minimum atomic E-state index is -0.902. The van der Waals surface area contributed by atoms with Crippen LogP contribution in [0.15, 0.2) is 0 Å². The first-order chi connectivity index (χ1) is 12.4. The number of carboxylic acid groups (broad SMARTS) is 1. The Bertz CT molecular complexity index is 464. The number of hydrogen-bond acceptors (Lipinski definition) is 7. The predicted octanol–water partition coefficient (Wildman–Crippen LogP) is 2.28. The molecule has 1 aliphatic rings. The molecule has 1 aliphatic heterocycles. The third kappa shape index (κ3) is 7.29. The van der Waals surface area contributed by atoms with Crippen molar-refractivity contribution in [3.8, 4) is 0 Å². The molecular weight excluding hydrogens is 344 g/mol. The van der Waals surface area contributed by atoms with E-state index in [-0.39, 0.29) is 37.8 Å². The molecule has 1 fully saturated rings. The number of hydrogen-bond donors (Lipinski definition) is 1. The highest BCUT2D eigenvalue weighted by Crippen LogP contribution is 2.31. The third-order valence-corrected chi connectivity index (χ3v) is 4.18. The summed E-state index contributed by atoms with van der Waals surface area (Å²) >= 11 is 0. The second kappa shape index (κ2) is 11.9. The highest BCUT2D eigenvalue weighted by molar-refractivity contribution is 5.70. The zero-order chi connectivity index (χ0) is 19.5. The lowest BCUT2D eigenvalue weighted by atomic mass is 9.89. The van der Waals surface area contributed by atoms with Crippen molar-refractivity contribution in [1.82, 2.24) is 0 Å². The topological polar surface area (TPSA) is 108 Å². The van der Waals surface area contributed by atoms with Gasteiger partial charge in [0.25, 0.3) is 0 Å². The SMILES string of the molecule is CCCC(=O)O[C@@H]1[C@H](CCCC(=O)O)[C@H](OC)OC[C@H]1OC(=O)CCC. The van der Waals surface area contributed by atoms with Crippen LogP contribution in [-0.2, 0) is 33.3 Å². The summed E-state index contributed by atoms with van der Waals surface area (Å²) in [6.45, 7) is 3.80. The van der Waals surface area contributed by atoms with Crippen LogP contribution in [0, 0.1) is 5.92 Å². The fourth-order valence-electron chi connectivity index (χ4n) is 2.98. The van der Waals surface area contributed by atoms with Crippen molar-refractivity contribution in [3.05, 3.63) is 0 Å². The van der Waals surface area contributed by atoms with Gasteiger partial charge in [-0.25, -0.2) is 0 Å². The molecule has 1 N–H and O–H groups in total. The maximum atomic E-state index is 12.1. The Hall–Kier alpha value is -1.67. The lowest BCUT2D eigenvalue weighted by Crippen LogP contribution is -2.53. The largest absolute Gasteiger partial charge is 0.481 e. The Morgan fingerprint density at radius 1 is 1.04 bits per heavy atom. The standard InChI is InChI=1S/C18H30O8/c1-4-7-15(21)25-13-11-24-18(23-3)12(9-6-10-14(19)20)17(13)26-16(22)8-5-2/h12-13,17-18H,4-11H2,1-3H3,(H,19,20)/t12-,13+,17+,18+/m0/s1. The van der Waals surface area contributed by atoms with E-state index in [1.54, 1.807) is 0 Å². The minimum Gasteiger partial charge on any atom is -0.481 e. The van der Waals surface area contributed by atoms with Crippen molar-refractivity contribution in [1.29, 1.82) is 0 Å². The average Bonchev–Trinajstić information content (AvgIpc) is 2.57. The van der Waals surface area contributed by atoms with Crippen molar-refractivity contribution >= 4 is 17.9 Å². The fourth-order valence-corrected chi connectivity index (χ4v) is 2.98. The van der Waals surface area contributed by atoms with Crippen LogP contribution in [-0.4, -0.2) is 55.2 Å². The van der Waals surface area contributed by atoms with E-state index in [1.807, 2.05) is 13.8 Å². The summed E-state index contributed by atoms with van der Waals surface area (Å²) in [5.41, 5.74) is 0. The number of aliphatic carboxylic acids is 1. The highest BCUT2D eigenvalue weighted by atomic mass is 16.7. The maximum Gasteiger partial charge on any atom is 0.306 e. The molecule has 26 heavy (non-hydrogen) atoms. The van der Waals surface area contributed by atoms with Gasteiger partial charge in [-0.3, -0.25) is 14.4 Å². The van der Waals surface area contributed by atoms with Gasteiger partial charge in [-0.1, -0.05) is 13.8 Å². The zero-order valence-corrected chi connectivity index (χ0v) is 15.8. The van der Waals surface area contributed by atoms with Gasteiger partial charge in [-0.2, -0.15) is 0 Å². The molecule has 8 heteroatoms. The quantitative estimate of drug-likeness (QED) is 0.549. The normalized spacial score (nSPS) is 25.5. The lowest BCUT2D eigenvalue weighted by Gasteiger charge is -2.41. The molecular formula is C18H30O8. The number of esters is 2. The molecule has 0 spiro atoms. The Kier molecular flexibility index (Phi) is 10.2. The lowest BCUT2D eigenvalue weighted by molar-refractivity contribution is -0.254. The average molecular weight is 374 g/mol. The van der Waals surface area contributed by atoms with Gasteiger partial charge in [0.2, 0.25) is 0 Å². The molecule has 0 saturated carbocycles. The highest BCUT2D eigenvalue weighted by Gasteiger charge is 2.44. The summed E-state index contributed by atoms with van der Waals surface area (Å²) in [4.78, 5) is 34.8. The van der Waals surface area contributed by atoms with Crippen molar-refractivity contribution in [2.75, 3.05) is 13.7 Å².